The van der Waals surface area contributed by atoms with E-state index >= 15 is 0 Å². The highest BCUT2D eigenvalue weighted by Crippen LogP contribution is 2.34. The SMILES string of the molecule is Cc1nn(C)c2c1[nH]c(=S)n2-c1ccc2c(c1)OCO2. The third-order valence-corrected chi connectivity index (χ3v) is 3.74. The summed E-state index contributed by atoms with van der Waals surface area (Å²) in [6.07, 6.45) is 0. The first-order valence-corrected chi connectivity index (χ1v) is 6.60. The molecule has 2 aromatic heterocycles. The van der Waals surface area contributed by atoms with Crippen LogP contribution >= 0.6 is 12.2 Å². The van der Waals surface area contributed by atoms with E-state index in [1.54, 1.807) is 0 Å². The van der Waals surface area contributed by atoms with Gasteiger partial charge in [0, 0.05) is 13.1 Å². The molecule has 102 valence electrons. The molecule has 20 heavy (non-hydrogen) atoms. The maximum Gasteiger partial charge on any atom is 0.231 e. The Bertz CT molecular complexity index is 890. The molecule has 3 aromatic rings. The van der Waals surface area contributed by atoms with Crippen molar-refractivity contribution in [3.63, 3.8) is 0 Å². The van der Waals surface area contributed by atoms with Gasteiger partial charge in [0.15, 0.2) is 21.9 Å². The van der Waals surface area contributed by atoms with Gasteiger partial charge in [-0.25, -0.2) is 4.68 Å². The van der Waals surface area contributed by atoms with E-state index in [-0.39, 0.29) is 6.79 Å². The van der Waals surface area contributed by atoms with Gasteiger partial charge in [0.25, 0.3) is 0 Å². The summed E-state index contributed by atoms with van der Waals surface area (Å²) < 4.78 is 15.2. The standard InChI is InChI=1S/C13H12N4O2S/c1-7-11-12(16(2)15-7)17(13(20)14-11)8-3-4-9-10(5-8)19-6-18-9/h3-5H,6H2,1-2H3,(H,14,20). The number of nitrogens with one attached hydrogen (secondary N) is 1. The number of hydrogen-bond acceptors (Lipinski definition) is 4. The van der Waals surface area contributed by atoms with E-state index < -0.39 is 0 Å². The molecule has 1 aromatic carbocycles. The van der Waals surface area contributed by atoms with Crippen molar-refractivity contribution in [3.05, 3.63) is 28.7 Å². The molecular weight excluding hydrogens is 276 g/mol. The summed E-state index contributed by atoms with van der Waals surface area (Å²) in [5.74, 6) is 1.49. The van der Waals surface area contributed by atoms with Gasteiger partial charge in [0.1, 0.15) is 5.52 Å². The summed E-state index contributed by atoms with van der Waals surface area (Å²) in [6.45, 7) is 2.22. The Morgan fingerprint density at radius 1 is 1.30 bits per heavy atom. The summed E-state index contributed by atoms with van der Waals surface area (Å²) in [4.78, 5) is 3.20. The zero-order valence-corrected chi connectivity index (χ0v) is 11.8. The van der Waals surface area contributed by atoms with Crippen LogP contribution in [0.25, 0.3) is 16.9 Å². The minimum atomic E-state index is 0.261. The number of imidazole rings is 1. The van der Waals surface area contributed by atoms with Crippen molar-refractivity contribution in [1.29, 1.82) is 0 Å². The fraction of sp³-hybridized carbons (Fsp3) is 0.231. The normalized spacial score (nSPS) is 13.3. The predicted molar refractivity (Wildman–Crippen MR) is 76.1 cm³/mol. The molecule has 0 radical (unpaired) electrons. The van der Waals surface area contributed by atoms with Crippen molar-refractivity contribution in [1.82, 2.24) is 19.3 Å². The Morgan fingerprint density at radius 3 is 2.95 bits per heavy atom. The maximum atomic E-state index is 5.43. The highest BCUT2D eigenvalue weighted by molar-refractivity contribution is 7.71. The smallest absolute Gasteiger partial charge is 0.231 e. The molecular formula is C13H12N4O2S. The van der Waals surface area contributed by atoms with E-state index in [1.165, 1.54) is 0 Å². The molecule has 0 saturated heterocycles. The van der Waals surface area contributed by atoms with E-state index in [2.05, 4.69) is 10.1 Å². The van der Waals surface area contributed by atoms with Gasteiger partial charge in [0.05, 0.1) is 11.4 Å². The van der Waals surface area contributed by atoms with Crippen LogP contribution in [0.4, 0.5) is 0 Å². The van der Waals surface area contributed by atoms with Crippen LogP contribution in [-0.4, -0.2) is 26.1 Å². The number of ether oxygens (including phenoxy) is 2. The second kappa shape index (κ2) is 3.86. The zero-order chi connectivity index (χ0) is 13.9. The average molecular weight is 288 g/mol. The molecule has 0 unspecified atom stereocenters. The number of rotatable bonds is 1. The Morgan fingerprint density at radius 2 is 2.10 bits per heavy atom. The largest absolute Gasteiger partial charge is 0.454 e. The lowest BCUT2D eigenvalue weighted by molar-refractivity contribution is 0.174. The van der Waals surface area contributed by atoms with E-state index in [4.69, 9.17) is 21.7 Å². The van der Waals surface area contributed by atoms with Crippen molar-refractivity contribution in [2.45, 2.75) is 6.92 Å². The molecule has 7 heteroatoms. The molecule has 0 amide bonds. The molecule has 6 nitrogen and oxygen atoms in total. The first-order chi connectivity index (χ1) is 9.65. The molecule has 4 rings (SSSR count). The van der Waals surface area contributed by atoms with Gasteiger partial charge in [-0.3, -0.25) is 4.57 Å². The Kier molecular flexibility index (Phi) is 2.23. The lowest BCUT2D eigenvalue weighted by Gasteiger charge is -2.06. The number of nitrogens with zero attached hydrogens (tertiary/aromatic N) is 3. The van der Waals surface area contributed by atoms with E-state index in [1.807, 2.05) is 41.4 Å². The second-order valence-corrected chi connectivity index (χ2v) is 5.10. The Labute approximate surface area is 119 Å². The van der Waals surface area contributed by atoms with Crippen LogP contribution in [0.5, 0.6) is 11.5 Å². The van der Waals surface area contributed by atoms with Gasteiger partial charge in [0.2, 0.25) is 6.79 Å². The van der Waals surface area contributed by atoms with Crippen LogP contribution in [-0.2, 0) is 7.05 Å². The van der Waals surface area contributed by atoms with E-state index in [0.717, 1.165) is 34.0 Å². The van der Waals surface area contributed by atoms with Crippen molar-refractivity contribution < 1.29 is 9.47 Å². The van der Waals surface area contributed by atoms with E-state index in [0.29, 0.717) is 4.77 Å². The molecule has 0 atom stereocenters. The van der Waals surface area contributed by atoms with Crippen LogP contribution in [0.3, 0.4) is 0 Å². The molecule has 0 saturated carbocycles. The lowest BCUT2D eigenvalue weighted by atomic mass is 10.3. The van der Waals surface area contributed by atoms with E-state index in [9.17, 15) is 0 Å². The third-order valence-electron chi connectivity index (χ3n) is 3.45. The zero-order valence-electron chi connectivity index (χ0n) is 11.0. The Balaban J connectivity index is 2.03. The first kappa shape index (κ1) is 11.5. The molecule has 1 aliphatic rings. The lowest BCUT2D eigenvalue weighted by Crippen LogP contribution is -2.00. The number of fused-ring (bicyclic) bond motifs is 2. The van der Waals surface area contributed by atoms with Crippen molar-refractivity contribution in [2.75, 3.05) is 6.79 Å². The molecule has 0 bridgehead atoms. The maximum absolute atomic E-state index is 5.43. The molecule has 1 aliphatic heterocycles. The number of benzene rings is 1. The highest BCUT2D eigenvalue weighted by atomic mass is 32.1. The van der Waals surface area contributed by atoms with Gasteiger partial charge >= 0.3 is 0 Å². The van der Waals surface area contributed by atoms with Gasteiger partial charge < -0.3 is 14.5 Å². The molecule has 1 N–H and O–H groups in total. The number of H-pyrrole nitrogens is 1. The minimum Gasteiger partial charge on any atom is -0.454 e. The van der Waals surface area contributed by atoms with Crippen LogP contribution < -0.4 is 9.47 Å². The summed E-state index contributed by atoms with van der Waals surface area (Å²) in [6, 6.07) is 5.77. The number of aromatic amines is 1. The van der Waals surface area contributed by atoms with Gasteiger partial charge in [-0.1, -0.05) is 0 Å². The first-order valence-electron chi connectivity index (χ1n) is 6.19. The van der Waals surface area contributed by atoms with Crippen molar-refractivity contribution in [2.24, 2.45) is 7.05 Å². The summed E-state index contributed by atoms with van der Waals surface area (Å²) in [5, 5.41) is 4.41. The topological polar surface area (TPSA) is 57.0 Å². The fourth-order valence-electron chi connectivity index (χ4n) is 2.57. The van der Waals surface area contributed by atoms with Crippen LogP contribution in [0.15, 0.2) is 18.2 Å². The van der Waals surface area contributed by atoms with Gasteiger partial charge in [-0.15, -0.1) is 0 Å². The highest BCUT2D eigenvalue weighted by Gasteiger charge is 2.18. The predicted octanol–water partition coefficient (Wildman–Crippen LogP) is 2.46. The Hall–Kier alpha value is -2.28. The van der Waals surface area contributed by atoms with Crippen LogP contribution in [0.2, 0.25) is 0 Å². The van der Waals surface area contributed by atoms with Gasteiger partial charge in [-0.05, 0) is 31.3 Å². The minimum absolute atomic E-state index is 0.261. The third kappa shape index (κ3) is 1.44. The monoisotopic (exact) mass is 288 g/mol. The van der Waals surface area contributed by atoms with Crippen LogP contribution in [0, 0.1) is 11.7 Å². The molecule has 0 aliphatic carbocycles. The molecule has 0 fully saturated rings. The van der Waals surface area contributed by atoms with Crippen molar-refractivity contribution >= 4 is 23.4 Å². The number of aryl methyl sites for hydroxylation is 2. The number of hydrogen-bond donors (Lipinski definition) is 1. The van der Waals surface area contributed by atoms with Crippen molar-refractivity contribution in [3.8, 4) is 17.2 Å². The molecule has 3 heterocycles. The average Bonchev–Trinajstić information content (AvgIpc) is 3.06. The summed E-state index contributed by atoms with van der Waals surface area (Å²) in [5.41, 5.74) is 3.74. The van der Waals surface area contributed by atoms with Gasteiger partial charge in [-0.2, -0.15) is 5.10 Å². The van der Waals surface area contributed by atoms with Crippen LogP contribution in [0.1, 0.15) is 5.69 Å². The molecule has 0 spiro atoms. The summed E-state index contributed by atoms with van der Waals surface area (Å²) in [7, 11) is 1.90. The fourth-order valence-corrected chi connectivity index (χ4v) is 2.87. The second-order valence-electron chi connectivity index (χ2n) is 4.71. The summed E-state index contributed by atoms with van der Waals surface area (Å²) >= 11 is 5.43. The quantitative estimate of drug-likeness (QED) is 0.699. The number of aromatic nitrogens is 4.